The molecule has 2 N–H and O–H groups in total. The summed E-state index contributed by atoms with van der Waals surface area (Å²) in [5.41, 5.74) is 0. The number of aliphatic carboxylic acids is 1. The lowest BCUT2D eigenvalue weighted by Gasteiger charge is -2.11. The van der Waals surface area contributed by atoms with Crippen molar-refractivity contribution in [2.24, 2.45) is 5.92 Å². The van der Waals surface area contributed by atoms with E-state index in [4.69, 9.17) is 5.11 Å². The molecule has 0 radical (unpaired) electrons. The van der Waals surface area contributed by atoms with Gasteiger partial charge in [0.1, 0.15) is 18.4 Å². The topological polar surface area (TPSA) is 57.0 Å². The second kappa shape index (κ2) is 6.40. The highest BCUT2D eigenvalue weighted by atomic mass is 79.9. The standard InChI is InChI=1S/C10H14N2O2.BrH/c1-3-9(6-8(2)10(13)14)12-5-4-11-7-12;/h3-5,7-9H,1,6H2,2H3,(H,13,14);1H. The summed E-state index contributed by atoms with van der Waals surface area (Å²) < 4.78 is 1.91. The van der Waals surface area contributed by atoms with Crippen LogP contribution in [0.1, 0.15) is 19.4 Å². The minimum absolute atomic E-state index is 0. The number of carbonyl (C=O) groups is 1. The molecule has 0 aliphatic rings. The van der Waals surface area contributed by atoms with Gasteiger partial charge in [-0.15, -0.1) is 0 Å². The molecule has 15 heavy (non-hydrogen) atoms. The molecule has 2 atom stereocenters. The minimum Gasteiger partial charge on any atom is -1.00 e. The molecule has 5 heteroatoms. The second-order valence-electron chi connectivity index (χ2n) is 3.34. The van der Waals surface area contributed by atoms with E-state index in [-0.39, 0.29) is 28.9 Å². The van der Waals surface area contributed by atoms with Crippen LogP contribution in [0.15, 0.2) is 31.4 Å². The van der Waals surface area contributed by atoms with Crippen LogP contribution < -0.4 is 21.5 Å². The third-order valence-electron chi connectivity index (χ3n) is 2.24. The van der Waals surface area contributed by atoms with Gasteiger partial charge in [-0.25, -0.2) is 4.57 Å². The summed E-state index contributed by atoms with van der Waals surface area (Å²) in [7, 11) is 0. The molecule has 4 nitrogen and oxygen atoms in total. The zero-order chi connectivity index (χ0) is 10.6. The van der Waals surface area contributed by atoms with Gasteiger partial charge in [-0.2, -0.15) is 0 Å². The second-order valence-corrected chi connectivity index (χ2v) is 3.34. The Kier molecular flexibility index (Phi) is 5.93. The number of imidazole rings is 1. The van der Waals surface area contributed by atoms with Gasteiger partial charge in [0.2, 0.25) is 6.33 Å². The van der Waals surface area contributed by atoms with Crippen molar-refractivity contribution in [1.82, 2.24) is 4.98 Å². The number of hydrogen-bond acceptors (Lipinski definition) is 1. The summed E-state index contributed by atoms with van der Waals surface area (Å²) in [5, 5.41) is 8.77. The molecule has 0 amide bonds. The maximum absolute atomic E-state index is 10.7. The number of carboxylic acid groups (broad SMARTS) is 1. The van der Waals surface area contributed by atoms with E-state index < -0.39 is 5.97 Å². The Bertz CT molecular complexity index is 311. The number of rotatable bonds is 5. The first-order chi connectivity index (χ1) is 6.65. The number of carboxylic acids is 1. The fourth-order valence-electron chi connectivity index (χ4n) is 1.31. The van der Waals surface area contributed by atoms with Crippen molar-refractivity contribution in [2.45, 2.75) is 19.4 Å². The summed E-state index contributed by atoms with van der Waals surface area (Å²) in [6.07, 6.45) is 7.76. The van der Waals surface area contributed by atoms with Crippen LogP contribution in [0, 0.1) is 5.92 Å². The molecule has 84 valence electrons. The van der Waals surface area contributed by atoms with E-state index >= 15 is 0 Å². The summed E-state index contributed by atoms with van der Waals surface area (Å²) in [5.74, 6) is -1.13. The van der Waals surface area contributed by atoms with Crippen LogP contribution in [0.3, 0.4) is 0 Å². The summed E-state index contributed by atoms with van der Waals surface area (Å²) in [4.78, 5) is 13.6. The number of halogens is 1. The molecule has 2 unspecified atom stereocenters. The number of hydrogen-bond donors (Lipinski definition) is 2. The number of allylic oxidation sites excluding steroid dienone is 1. The van der Waals surface area contributed by atoms with E-state index in [0.717, 1.165) is 0 Å². The van der Waals surface area contributed by atoms with E-state index in [9.17, 15) is 4.79 Å². The van der Waals surface area contributed by atoms with Crippen LogP contribution in [-0.4, -0.2) is 16.1 Å². The van der Waals surface area contributed by atoms with Crippen LogP contribution >= 0.6 is 0 Å². The molecule has 0 aromatic carbocycles. The van der Waals surface area contributed by atoms with Crippen molar-refractivity contribution in [1.29, 1.82) is 0 Å². The van der Waals surface area contributed by atoms with Gasteiger partial charge in [-0.05, 0) is 6.08 Å². The summed E-state index contributed by atoms with van der Waals surface area (Å²) in [6.45, 7) is 5.40. The van der Waals surface area contributed by atoms with Crippen molar-refractivity contribution in [3.8, 4) is 0 Å². The molecule has 0 aliphatic carbocycles. The number of nitrogens with one attached hydrogen (secondary N) is 1. The number of H-pyrrole nitrogens is 1. The van der Waals surface area contributed by atoms with Gasteiger partial charge in [-0.1, -0.05) is 13.5 Å². The summed E-state index contributed by atoms with van der Waals surface area (Å²) in [6, 6.07) is 0.0346. The molecule has 0 spiro atoms. The van der Waals surface area contributed by atoms with Gasteiger partial charge in [0.05, 0.1) is 5.92 Å². The van der Waals surface area contributed by atoms with Gasteiger partial charge in [0.25, 0.3) is 0 Å². The molecular weight excluding hydrogens is 260 g/mol. The van der Waals surface area contributed by atoms with Gasteiger partial charge < -0.3 is 22.1 Å². The van der Waals surface area contributed by atoms with Crippen molar-refractivity contribution in [3.05, 3.63) is 31.4 Å². The number of aromatic nitrogens is 2. The van der Waals surface area contributed by atoms with E-state index in [1.54, 1.807) is 25.5 Å². The number of nitrogens with zero attached hydrogens (tertiary/aromatic N) is 1. The normalized spacial score (nSPS) is 13.7. The molecule has 0 saturated heterocycles. The largest absolute Gasteiger partial charge is 1.00 e. The zero-order valence-electron chi connectivity index (χ0n) is 8.56. The first-order valence-electron chi connectivity index (χ1n) is 4.54. The van der Waals surface area contributed by atoms with E-state index in [1.165, 1.54) is 0 Å². The summed E-state index contributed by atoms with van der Waals surface area (Å²) >= 11 is 0. The zero-order valence-corrected chi connectivity index (χ0v) is 10.1. The first kappa shape index (κ1) is 13.9. The van der Waals surface area contributed by atoms with Crippen molar-refractivity contribution < 1.29 is 31.4 Å². The predicted molar refractivity (Wildman–Crippen MR) is 51.6 cm³/mol. The average molecular weight is 275 g/mol. The SMILES string of the molecule is C=CC(CC(C)C(=O)O)[n+]1cc[nH]c1.[Br-]. The maximum Gasteiger partial charge on any atom is 0.306 e. The maximum atomic E-state index is 10.7. The molecule has 0 fully saturated rings. The van der Waals surface area contributed by atoms with Crippen LogP contribution in [0.2, 0.25) is 0 Å². The smallest absolute Gasteiger partial charge is 0.306 e. The van der Waals surface area contributed by atoms with E-state index in [2.05, 4.69) is 11.6 Å². The fourth-order valence-corrected chi connectivity index (χ4v) is 1.31. The lowest BCUT2D eigenvalue weighted by atomic mass is 10.0. The third-order valence-corrected chi connectivity index (χ3v) is 2.24. The molecule has 1 aromatic heterocycles. The highest BCUT2D eigenvalue weighted by Gasteiger charge is 2.19. The Balaban J connectivity index is 0.00000196. The van der Waals surface area contributed by atoms with Gasteiger partial charge in [0.15, 0.2) is 0 Å². The Morgan fingerprint density at radius 2 is 2.40 bits per heavy atom. The lowest BCUT2D eigenvalue weighted by molar-refractivity contribution is -0.712. The van der Waals surface area contributed by atoms with E-state index in [1.807, 2.05) is 10.8 Å². The Labute approximate surface area is 99.4 Å². The van der Waals surface area contributed by atoms with Crippen molar-refractivity contribution in [3.63, 3.8) is 0 Å². The molecule has 1 heterocycles. The molecule has 0 aliphatic heterocycles. The third kappa shape index (κ3) is 3.87. The highest BCUT2D eigenvalue weighted by molar-refractivity contribution is 5.69. The van der Waals surface area contributed by atoms with Crippen LogP contribution in [0.5, 0.6) is 0 Å². The van der Waals surface area contributed by atoms with Crippen molar-refractivity contribution in [2.75, 3.05) is 0 Å². The molecule has 0 saturated carbocycles. The quantitative estimate of drug-likeness (QED) is 0.489. The molecule has 1 rings (SSSR count). The van der Waals surface area contributed by atoms with Gasteiger partial charge in [0, 0.05) is 6.42 Å². The van der Waals surface area contributed by atoms with Crippen LogP contribution in [-0.2, 0) is 4.79 Å². The molecule has 1 aromatic rings. The average Bonchev–Trinajstić information content (AvgIpc) is 2.66. The minimum atomic E-state index is -0.770. The Hall–Kier alpha value is -1.10. The fraction of sp³-hybridized carbons (Fsp3) is 0.400. The van der Waals surface area contributed by atoms with E-state index in [0.29, 0.717) is 6.42 Å². The molecule has 0 bridgehead atoms. The molecular formula is C10H15BrN2O2. The number of aromatic amines is 1. The monoisotopic (exact) mass is 274 g/mol. The Morgan fingerprint density at radius 1 is 1.73 bits per heavy atom. The van der Waals surface area contributed by atoms with Crippen LogP contribution in [0.25, 0.3) is 0 Å². The lowest BCUT2D eigenvalue weighted by Crippen LogP contribution is -3.00. The Morgan fingerprint density at radius 3 is 2.80 bits per heavy atom. The first-order valence-corrected chi connectivity index (χ1v) is 4.54. The predicted octanol–water partition coefficient (Wildman–Crippen LogP) is -1.86. The highest BCUT2D eigenvalue weighted by Crippen LogP contribution is 2.12. The van der Waals surface area contributed by atoms with Crippen LogP contribution in [0.4, 0.5) is 0 Å². The van der Waals surface area contributed by atoms with Crippen molar-refractivity contribution >= 4 is 5.97 Å². The van der Waals surface area contributed by atoms with Gasteiger partial charge >= 0.3 is 5.97 Å². The van der Waals surface area contributed by atoms with Gasteiger partial charge in [-0.3, -0.25) is 9.78 Å².